The quantitative estimate of drug-likeness (QED) is 0.658. The number of carbonyl (C=O) groups excluding carboxylic acids is 1. The molecule has 0 aromatic heterocycles. The minimum atomic E-state index is -0.258. The molecule has 0 aliphatic rings. The van der Waals surface area contributed by atoms with Crippen molar-refractivity contribution in [2.24, 2.45) is 0 Å². The zero-order valence-electron chi connectivity index (χ0n) is 15.5. The molecule has 2 aromatic rings. The van der Waals surface area contributed by atoms with E-state index in [4.69, 9.17) is 16.3 Å². The van der Waals surface area contributed by atoms with E-state index in [2.05, 4.69) is 35.4 Å². The molecule has 0 saturated heterocycles. The van der Waals surface area contributed by atoms with Gasteiger partial charge in [0.05, 0.1) is 11.6 Å². The highest BCUT2D eigenvalue weighted by molar-refractivity contribution is 6.32. The van der Waals surface area contributed by atoms with Crippen LogP contribution in [0.3, 0.4) is 0 Å². The van der Waals surface area contributed by atoms with E-state index in [-0.39, 0.29) is 6.03 Å². The Morgan fingerprint density at radius 1 is 1.15 bits per heavy atom. The molecule has 0 radical (unpaired) electrons. The summed E-state index contributed by atoms with van der Waals surface area (Å²) in [5.74, 6) is 0.610. The van der Waals surface area contributed by atoms with Crippen molar-refractivity contribution in [1.82, 2.24) is 5.32 Å². The zero-order chi connectivity index (χ0) is 18.9. The SMILES string of the molecule is CCN(CC)c1ccc(NC(=O)NCCOc2ccccc2Cl)c(C)c1. The van der Waals surface area contributed by atoms with Crippen LogP contribution in [0.1, 0.15) is 19.4 Å². The summed E-state index contributed by atoms with van der Waals surface area (Å²) in [5, 5.41) is 6.21. The van der Waals surface area contributed by atoms with E-state index in [1.165, 1.54) is 0 Å². The van der Waals surface area contributed by atoms with Gasteiger partial charge in [-0.3, -0.25) is 0 Å². The van der Waals surface area contributed by atoms with Crippen molar-refractivity contribution in [2.45, 2.75) is 20.8 Å². The monoisotopic (exact) mass is 375 g/mol. The second-order valence-electron chi connectivity index (χ2n) is 5.83. The van der Waals surface area contributed by atoms with Gasteiger partial charge in [0, 0.05) is 24.5 Å². The van der Waals surface area contributed by atoms with Crippen LogP contribution in [0, 0.1) is 6.92 Å². The number of ether oxygens (including phenoxy) is 1. The van der Waals surface area contributed by atoms with Gasteiger partial charge in [0.25, 0.3) is 0 Å². The molecule has 0 fully saturated rings. The Kier molecular flexibility index (Phi) is 7.60. The third-order valence-electron chi connectivity index (χ3n) is 4.07. The standard InChI is InChI=1S/C20H26ClN3O2/c1-4-24(5-2)16-10-11-18(15(3)14-16)23-20(25)22-12-13-26-19-9-7-6-8-17(19)21/h6-11,14H,4-5,12-13H2,1-3H3,(H2,22,23,25). The molecule has 0 aliphatic heterocycles. The largest absolute Gasteiger partial charge is 0.490 e. The topological polar surface area (TPSA) is 53.6 Å². The molecule has 2 N–H and O–H groups in total. The van der Waals surface area contributed by atoms with Crippen molar-refractivity contribution in [1.29, 1.82) is 0 Å². The van der Waals surface area contributed by atoms with Crippen LogP contribution in [-0.2, 0) is 0 Å². The molecule has 0 bridgehead atoms. The molecule has 5 nitrogen and oxygen atoms in total. The lowest BCUT2D eigenvalue weighted by molar-refractivity contribution is 0.247. The van der Waals surface area contributed by atoms with Gasteiger partial charge in [-0.15, -0.1) is 0 Å². The number of nitrogens with one attached hydrogen (secondary N) is 2. The van der Waals surface area contributed by atoms with E-state index in [1.54, 1.807) is 12.1 Å². The number of carbonyl (C=O) groups is 1. The average molecular weight is 376 g/mol. The summed E-state index contributed by atoms with van der Waals surface area (Å²) in [7, 11) is 0. The molecule has 2 aromatic carbocycles. The highest BCUT2D eigenvalue weighted by atomic mass is 35.5. The summed E-state index contributed by atoms with van der Waals surface area (Å²) in [4.78, 5) is 14.3. The summed E-state index contributed by atoms with van der Waals surface area (Å²) < 4.78 is 5.55. The van der Waals surface area contributed by atoms with Gasteiger partial charge < -0.3 is 20.3 Å². The van der Waals surface area contributed by atoms with Crippen molar-refractivity contribution in [3.05, 3.63) is 53.1 Å². The van der Waals surface area contributed by atoms with E-state index < -0.39 is 0 Å². The fourth-order valence-corrected chi connectivity index (χ4v) is 2.82. The lowest BCUT2D eigenvalue weighted by Gasteiger charge is -2.22. The van der Waals surface area contributed by atoms with Gasteiger partial charge in [-0.1, -0.05) is 23.7 Å². The number of anilines is 2. The molecule has 0 atom stereocenters. The van der Waals surface area contributed by atoms with Crippen LogP contribution >= 0.6 is 11.6 Å². The Hall–Kier alpha value is -2.40. The molecule has 2 rings (SSSR count). The molecule has 0 aliphatic carbocycles. The van der Waals surface area contributed by atoms with E-state index in [0.717, 1.165) is 30.0 Å². The molecular formula is C20H26ClN3O2. The van der Waals surface area contributed by atoms with Gasteiger partial charge in [-0.2, -0.15) is 0 Å². The number of hydrogen-bond acceptors (Lipinski definition) is 3. The van der Waals surface area contributed by atoms with Crippen LogP contribution in [0.15, 0.2) is 42.5 Å². The molecule has 0 spiro atoms. The highest BCUT2D eigenvalue weighted by Crippen LogP contribution is 2.23. The number of aryl methyl sites for hydroxylation is 1. The summed E-state index contributed by atoms with van der Waals surface area (Å²) in [5.41, 5.74) is 2.98. The molecular weight excluding hydrogens is 350 g/mol. The van der Waals surface area contributed by atoms with Crippen molar-refractivity contribution in [3.63, 3.8) is 0 Å². The average Bonchev–Trinajstić information content (AvgIpc) is 2.63. The van der Waals surface area contributed by atoms with E-state index in [9.17, 15) is 4.79 Å². The van der Waals surface area contributed by atoms with E-state index in [0.29, 0.717) is 23.9 Å². The Bertz CT molecular complexity index is 733. The third-order valence-corrected chi connectivity index (χ3v) is 4.38. The van der Waals surface area contributed by atoms with E-state index in [1.807, 2.05) is 31.2 Å². The molecule has 0 saturated carbocycles. The number of amides is 2. The van der Waals surface area contributed by atoms with Crippen LogP contribution in [-0.4, -0.2) is 32.3 Å². The molecule has 26 heavy (non-hydrogen) atoms. The van der Waals surface area contributed by atoms with Crippen LogP contribution in [0.4, 0.5) is 16.2 Å². The molecule has 0 unspecified atom stereocenters. The maximum Gasteiger partial charge on any atom is 0.319 e. The van der Waals surface area contributed by atoms with Crippen molar-refractivity contribution >= 4 is 29.0 Å². The number of benzene rings is 2. The first-order chi connectivity index (χ1) is 12.5. The number of rotatable bonds is 8. The van der Waals surface area contributed by atoms with E-state index >= 15 is 0 Å². The second-order valence-corrected chi connectivity index (χ2v) is 6.24. The number of urea groups is 1. The van der Waals surface area contributed by atoms with Crippen molar-refractivity contribution < 1.29 is 9.53 Å². The Labute approximate surface area is 160 Å². The first kappa shape index (κ1) is 19.9. The predicted molar refractivity (Wildman–Crippen MR) is 109 cm³/mol. The van der Waals surface area contributed by atoms with Crippen molar-refractivity contribution in [3.8, 4) is 5.75 Å². The maximum atomic E-state index is 12.1. The molecule has 140 valence electrons. The first-order valence-corrected chi connectivity index (χ1v) is 9.20. The third kappa shape index (κ3) is 5.56. The number of para-hydroxylation sites is 1. The van der Waals surface area contributed by atoms with Gasteiger partial charge in [0.2, 0.25) is 0 Å². The first-order valence-electron chi connectivity index (χ1n) is 8.83. The lowest BCUT2D eigenvalue weighted by atomic mass is 10.1. The summed E-state index contributed by atoms with van der Waals surface area (Å²) in [6.45, 7) is 8.88. The Morgan fingerprint density at radius 2 is 1.88 bits per heavy atom. The number of halogens is 1. The van der Waals surface area contributed by atoms with Crippen LogP contribution < -0.4 is 20.3 Å². The Balaban J connectivity index is 1.81. The van der Waals surface area contributed by atoms with Gasteiger partial charge in [-0.05, 0) is 56.7 Å². The van der Waals surface area contributed by atoms with Crippen molar-refractivity contribution in [2.75, 3.05) is 36.5 Å². The predicted octanol–water partition coefficient (Wildman–Crippen LogP) is 4.70. The fraction of sp³-hybridized carbons (Fsp3) is 0.350. The van der Waals surface area contributed by atoms with Crippen LogP contribution in [0.5, 0.6) is 5.75 Å². The summed E-state index contributed by atoms with van der Waals surface area (Å²) >= 11 is 6.02. The smallest absolute Gasteiger partial charge is 0.319 e. The molecule has 6 heteroatoms. The molecule has 0 heterocycles. The van der Waals surface area contributed by atoms with Gasteiger partial charge in [-0.25, -0.2) is 4.79 Å². The van der Waals surface area contributed by atoms with Crippen LogP contribution in [0.25, 0.3) is 0 Å². The van der Waals surface area contributed by atoms with Gasteiger partial charge in [0.15, 0.2) is 0 Å². The zero-order valence-corrected chi connectivity index (χ0v) is 16.3. The minimum absolute atomic E-state index is 0.258. The second kappa shape index (κ2) is 9.92. The minimum Gasteiger partial charge on any atom is -0.490 e. The Morgan fingerprint density at radius 3 is 2.54 bits per heavy atom. The van der Waals surface area contributed by atoms with Gasteiger partial charge in [0.1, 0.15) is 12.4 Å². The maximum absolute atomic E-state index is 12.1. The normalized spacial score (nSPS) is 10.3. The summed E-state index contributed by atoms with van der Waals surface area (Å²) in [6.07, 6.45) is 0. The molecule has 2 amide bonds. The number of nitrogens with zero attached hydrogens (tertiary/aromatic N) is 1. The highest BCUT2D eigenvalue weighted by Gasteiger charge is 2.08. The van der Waals surface area contributed by atoms with Gasteiger partial charge >= 0.3 is 6.03 Å². The summed E-state index contributed by atoms with van der Waals surface area (Å²) in [6, 6.07) is 13.0. The fourth-order valence-electron chi connectivity index (χ4n) is 2.63. The van der Waals surface area contributed by atoms with Crippen LogP contribution in [0.2, 0.25) is 5.02 Å². The lowest BCUT2D eigenvalue weighted by Crippen LogP contribution is -2.32. The number of hydrogen-bond donors (Lipinski definition) is 2.